The van der Waals surface area contributed by atoms with Crippen LogP contribution in [0.2, 0.25) is 0 Å². The summed E-state index contributed by atoms with van der Waals surface area (Å²) in [5.41, 5.74) is 4.53. The number of anilines is 1. The minimum absolute atomic E-state index is 0.283. The van der Waals surface area contributed by atoms with Crippen molar-refractivity contribution >= 4 is 18.3 Å². The molecule has 24 heavy (non-hydrogen) atoms. The summed E-state index contributed by atoms with van der Waals surface area (Å²) in [6.07, 6.45) is 0. The SMILES string of the molecule is Cc1cc(B2OC(C)(C)C(C)(C)O2)cc(C)c1N1CCN(C)CC1. The molecule has 0 aliphatic carbocycles. The Morgan fingerprint density at radius 2 is 1.33 bits per heavy atom. The van der Waals surface area contributed by atoms with Crippen molar-refractivity contribution in [2.24, 2.45) is 0 Å². The van der Waals surface area contributed by atoms with Crippen LogP contribution in [-0.4, -0.2) is 56.4 Å². The summed E-state index contributed by atoms with van der Waals surface area (Å²) < 4.78 is 12.4. The maximum absolute atomic E-state index is 6.22. The predicted molar refractivity (Wildman–Crippen MR) is 101 cm³/mol. The summed E-state index contributed by atoms with van der Waals surface area (Å²) in [5, 5.41) is 0. The molecule has 0 amide bonds. The van der Waals surface area contributed by atoms with Gasteiger partial charge in [-0.05, 0) is 65.2 Å². The molecule has 1 aromatic carbocycles. The molecule has 2 heterocycles. The molecule has 1 aromatic rings. The maximum atomic E-state index is 6.22. The number of benzene rings is 1. The maximum Gasteiger partial charge on any atom is 0.494 e. The predicted octanol–water partition coefficient (Wildman–Crippen LogP) is 2.35. The van der Waals surface area contributed by atoms with Crippen molar-refractivity contribution in [3.8, 4) is 0 Å². The van der Waals surface area contributed by atoms with Gasteiger partial charge in [-0.25, -0.2) is 0 Å². The molecule has 0 saturated carbocycles. The molecular formula is C19H31BN2O2. The van der Waals surface area contributed by atoms with Gasteiger partial charge in [0.15, 0.2) is 0 Å². The third kappa shape index (κ3) is 3.09. The van der Waals surface area contributed by atoms with Crippen molar-refractivity contribution in [1.82, 2.24) is 4.90 Å². The quantitative estimate of drug-likeness (QED) is 0.777. The molecule has 2 aliphatic rings. The number of hydrogen-bond acceptors (Lipinski definition) is 4. The smallest absolute Gasteiger partial charge is 0.399 e. The van der Waals surface area contributed by atoms with E-state index in [1.165, 1.54) is 16.8 Å². The summed E-state index contributed by atoms with van der Waals surface area (Å²) in [6.45, 7) is 17.2. The summed E-state index contributed by atoms with van der Waals surface area (Å²) in [7, 11) is 1.91. The van der Waals surface area contributed by atoms with E-state index in [0.717, 1.165) is 31.6 Å². The van der Waals surface area contributed by atoms with Crippen molar-refractivity contribution in [3.05, 3.63) is 23.3 Å². The minimum atomic E-state index is -0.296. The molecule has 0 atom stereocenters. The molecule has 0 N–H and O–H groups in total. The van der Waals surface area contributed by atoms with Gasteiger partial charge in [-0.3, -0.25) is 0 Å². The Balaban J connectivity index is 1.86. The van der Waals surface area contributed by atoms with Crippen LogP contribution >= 0.6 is 0 Å². The van der Waals surface area contributed by atoms with Crippen LogP contribution in [0.4, 0.5) is 5.69 Å². The number of aryl methyl sites for hydroxylation is 2. The molecule has 5 heteroatoms. The summed E-state index contributed by atoms with van der Waals surface area (Å²) in [6, 6.07) is 4.48. The Bertz CT molecular complexity index is 583. The van der Waals surface area contributed by atoms with Gasteiger partial charge < -0.3 is 19.1 Å². The van der Waals surface area contributed by atoms with Gasteiger partial charge in [0.05, 0.1) is 11.2 Å². The third-order valence-electron chi connectivity index (χ3n) is 5.86. The van der Waals surface area contributed by atoms with E-state index in [-0.39, 0.29) is 18.3 Å². The molecule has 132 valence electrons. The summed E-state index contributed by atoms with van der Waals surface area (Å²) in [5.74, 6) is 0. The zero-order valence-electron chi connectivity index (χ0n) is 16.3. The Morgan fingerprint density at radius 1 is 0.875 bits per heavy atom. The van der Waals surface area contributed by atoms with Gasteiger partial charge in [-0.2, -0.15) is 0 Å². The highest BCUT2D eigenvalue weighted by Gasteiger charge is 2.51. The molecule has 0 bridgehead atoms. The van der Waals surface area contributed by atoms with Crippen molar-refractivity contribution in [1.29, 1.82) is 0 Å². The number of nitrogens with zero attached hydrogens (tertiary/aromatic N) is 2. The molecule has 3 rings (SSSR count). The van der Waals surface area contributed by atoms with Gasteiger partial charge in [0.1, 0.15) is 0 Å². The van der Waals surface area contributed by atoms with Gasteiger partial charge in [0.25, 0.3) is 0 Å². The number of likely N-dealkylation sites (N-methyl/N-ethyl adjacent to an activating group) is 1. The summed E-state index contributed by atoms with van der Waals surface area (Å²) >= 11 is 0. The first-order chi connectivity index (χ1) is 11.1. The van der Waals surface area contributed by atoms with Crippen molar-refractivity contribution in [2.75, 3.05) is 38.1 Å². The van der Waals surface area contributed by atoms with Crippen molar-refractivity contribution in [2.45, 2.75) is 52.7 Å². The highest BCUT2D eigenvalue weighted by Crippen LogP contribution is 2.37. The fourth-order valence-electron chi connectivity index (χ4n) is 3.63. The standard InChI is InChI=1S/C19H31BN2O2/c1-14-12-16(20-23-18(3,4)19(5,6)24-20)13-15(2)17(14)22-10-8-21(7)9-11-22/h12-13H,8-11H2,1-7H3. The van der Waals surface area contributed by atoms with Crippen LogP contribution < -0.4 is 10.4 Å². The molecule has 0 unspecified atom stereocenters. The first-order valence-corrected chi connectivity index (χ1v) is 9.01. The Labute approximate surface area is 147 Å². The van der Waals surface area contributed by atoms with Crippen molar-refractivity contribution < 1.29 is 9.31 Å². The van der Waals surface area contributed by atoms with Gasteiger partial charge in [-0.1, -0.05) is 12.1 Å². The lowest BCUT2D eigenvalue weighted by atomic mass is 9.77. The molecule has 0 spiro atoms. The third-order valence-corrected chi connectivity index (χ3v) is 5.86. The van der Waals surface area contributed by atoms with E-state index in [1.807, 2.05) is 0 Å². The first kappa shape index (κ1) is 17.8. The monoisotopic (exact) mass is 330 g/mol. The lowest BCUT2D eigenvalue weighted by molar-refractivity contribution is 0.00578. The fourth-order valence-corrected chi connectivity index (χ4v) is 3.63. The average Bonchev–Trinajstić information content (AvgIpc) is 2.69. The molecule has 2 fully saturated rings. The molecule has 4 nitrogen and oxygen atoms in total. The zero-order chi connectivity index (χ0) is 17.7. The van der Waals surface area contributed by atoms with Gasteiger partial charge in [0, 0.05) is 31.9 Å². The van der Waals surface area contributed by atoms with Crippen LogP contribution in [0.25, 0.3) is 0 Å². The second kappa shape index (κ2) is 6.04. The Kier molecular flexibility index (Phi) is 4.48. The van der Waals surface area contributed by atoms with Crippen LogP contribution in [0.15, 0.2) is 12.1 Å². The average molecular weight is 330 g/mol. The first-order valence-electron chi connectivity index (χ1n) is 9.01. The molecular weight excluding hydrogens is 299 g/mol. The molecule has 2 saturated heterocycles. The largest absolute Gasteiger partial charge is 0.494 e. The highest BCUT2D eigenvalue weighted by atomic mass is 16.7. The minimum Gasteiger partial charge on any atom is -0.399 e. The zero-order valence-corrected chi connectivity index (χ0v) is 16.3. The highest BCUT2D eigenvalue weighted by molar-refractivity contribution is 6.62. The normalized spacial score (nSPS) is 23.8. The second-order valence-electron chi connectivity index (χ2n) is 8.38. The van der Waals surface area contributed by atoms with Crippen LogP contribution in [0.1, 0.15) is 38.8 Å². The number of rotatable bonds is 2. The van der Waals surface area contributed by atoms with Gasteiger partial charge in [-0.15, -0.1) is 0 Å². The van der Waals surface area contributed by atoms with Crippen LogP contribution in [-0.2, 0) is 9.31 Å². The lowest BCUT2D eigenvalue weighted by Gasteiger charge is -2.36. The Hall–Kier alpha value is -1.04. The molecule has 0 aromatic heterocycles. The number of hydrogen-bond donors (Lipinski definition) is 0. The van der Waals surface area contributed by atoms with E-state index >= 15 is 0 Å². The van der Waals surface area contributed by atoms with Gasteiger partial charge in [0.2, 0.25) is 0 Å². The second-order valence-corrected chi connectivity index (χ2v) is 8.38. The van der Waals surface area contributed by atoms with Crippen LogP contribution in [0.5, 0.6) is 0 Å². The molecule has 0 radical (unpaired) electrons. The fraction of sp³-hybridized carbons (Fsp3) is 0.684. The van der Waals surface area contributed by atoms with E-state index in [1.54, 1.807) is 0 Å². The van der Waals surface area contributed by atoms with E-state index in [9.17, 15) is 0 Å². The van der Waals surface area contributed by atoms with Gasteiger partial charge >= 0.3 is 7.12 Å². The molecule has 2 aliphatic heterocycles. The summed E-state index contributed by atoms with van der Waals surface area (Å²) in [4.78, 5) is 4.90. The van der Waals surface area contributed by atoms with E-state index in [4.69, 9.17) is 9.31 Å². The Morgan fingerprint density at radius 3 is 1.79 bits per heavy atom. The van der Waals surface area contributed by atoms with E-state index in [2.05, 4.69) is 70.5 Å². The lowest BCUT2D eigenvalue weighted by Crippen LogP contribution is -2.45. The number of piperazine rings is 1. The van der Waals surface area contributed by atoms with Crippen LogP contribution in [0.3, 0.4) is 0 Å². The van der Waals surface area contributed by atoms with Crippen molar-refractivity contribution in [3.63, 3.8) is 0 Å². The topological polar surface area (TPSA) is 24.9 Å². The van der Waals surface area contributed by atoms with E-state index < -0.39 is 0 Å². The van der Waals surface area contributed by atoms with E-state index in [0.29, 0.717) is 0 Å². The van der Waals surface area contributed by atoms with Crippen LogP contribution in [0, 0.1) is 13.8 Å².